The van der Waals surface area contributed by atoms with Gasteiger partial charge in [-0.05, 0) is 113 Å². The van der Waals surface area contributed by atoms with Gasteiger partial charge in [0.05, 0.1) is 85.2 Å². The Bertz CT molecular complexity index is 3490. The summed E-state index contributed by atoms with van der Waals surface area (Å²) in [6.07, 6.45) is 11.7. The van der Waals surface area contributed by atoms with E-state index in [9.17, 15) is 44.3 Å². The topological polar surface area (TPSA) is 173 Å². The second-order valence-corrected chi connectivity index (χ2v) is 35.4. The highest BCUT2D eigenvalue weighted by molar-refractivity contribution is 7.97. The number of halogens is 6. The van der Waals surface area contributed by atoms with Gasteiger partial charge < -0.3 is 47.4 Å². The molecule has 5 aliphatic carbocycles. The van der Waals surface area contributed by atoms with E-state index in [4.69, 9.17) is 42.6 Å². The van der Waals surface area contributed by atoms with Crippen molar-refractivity contribution in [1.29, 1.82) is 0 Å². The fraction of sp³-hybridized carbons (Fsp3) is 0.632. The number of hydrogen-bond donors (Lipinski definition) is 1. The molecule has 4 bridgehead atoms. The Labute approximate surface area is 603 Å². The number of esters is 2. The Balaban J connectivity index is 0.000000173. The maximum absolute atomic E-state index is 13.0. The van der Waals surface area contributed by atoms with Crippen LogP contribution >= 0.6 is 0 Å². The predicted octanol–water partition coefficient (Wildman–Crippen LogP) is 15.4. The molecule has 6 aliphatic heterocycles. The van der Waals surface area contributed by atoms with Crippen molar-refractivity contribution in [2.24, 2.45) is 23.2 Å². The number of sulfonamides is 1. The van der Waals surface area contributed by atoms with Crippen molar-refractivity contribution in [2.45, 2.75) is 177 Å². The SMILES string of the molecule is C.C.C.CC(F)(F)COC(=O)C12CC3CC(C1)C1(OCCO1)C(C3)C2.CC(F)(F)S(=O)(=O)NC1CCCCC1.CCOC(=O)C(C)(F)F.COc1c2ccccc2c([S+]2CCOCC2)c2ccccc12.c1cc2c(cc1[S+]1CCOCC1)CCCO2.c1cc2c(cc1[S+]1CCOCC1)CCO2. The summed E-state index contributed by atoms with van der Waals surface area (Å²) in [5.41, 5.74) is 2.21. The Morgan fingerprint density at radius 3 is 1.51 bits per heavy atom. The molecule has 1 spiro atoms. The van der Waals surface area contributed by atoms with E-state index in [0.29, 0.717) is 80.5 Å². The molecule has 4 saturated heterocycles. The number of benzene rings is 5. The smallest absolute Gasteiger partial charge is 0.376 e. The first-order chi connectivity index (χ1) is 46.9. The molecule has 11 aliphatic rings. The lowest BCUT2D eigenvalue weighted by Crippen LogP contribution is -2.63. The lowest BCUT2D eigenvalue weighted by atomic mass is 9.47. The van der Waals surface area contributed by atoms with Gasteiger partial charge >= 0.3 is 23.1 Å². The second kappa shape index (κ2) is 37.5. The summed E-state index contributed by atoms with van der Waals surface area (Å²) >= 11 is 0. The number of fused-ring (bicyclic) bond motifs is 4. The van der Waals surface area contributed by atoms with Gasteiger partial charge in [0.25, 0.3) is 15.9 Å². The van der Waals surface area contributed by atoms with E-state index in [1.165, 1.54) is 83.7 Å². The largest absolute Gasteiger partial charge is 0.495 e. The van der Waals surface area contributed by atoms with Gasteiger partial charge in [-0.2, -0.15) is 17.6 Å². The Kier molecular flexibility index (Phi) is 31.0. The molecule has 6 heterocycles. The first kappa shape index (κ1) is 83.6. The van der Waals surface area contributed by atoms with Crippen LogP contribution in [0, 0.1) is 23.2 Å². The van der Waals surface area contributed by atoms with Crippen molar-refractivity contribution in [3.63, 3.8) is 0 Å². The first-order valence-electron chi connectivity index (χ1n) is 34.4. The highest BCUT2D eigenvalue weighted by atomic mass is 32.2. The Morgan fingerprint density at radius 1 is 0.584 bits per heavy atom. The van der Waals surface area contributed by atoms with Gasteiger partial charge in [0.2, 0.25) is 0 Å². The van der Waals surface area contributed by atoms with Crippen LogP contribution in [0.1, 0.15) is 132 Å². The molecule has 2 unspecified atom stereocenters. The van der Waals surface area contributed by atoms with Gasteiger partial charge in [-0.3, -0.25) is 4.79 Å². The molecule has 9 fully saturated rings. The van der Waals surface area contributed by atoms with Crippen molar-refractivity contribution in [3.05, 3.63) is 96.1 Å². The van der Waals surface area contributed by atoms with Gasteiger partial charge in [0.1, 0.15) is 51.8 Å². The monoisotopic (exact) mass is 1500 g/mol. The summed E-state index contributed by atoms with van der Waals surface area (Å²) in [7, 11) is -1.63. The van der Waals surface area contributed by atoms with Crippen molar-refractivity contribution < 1.29 is 91.7 Å². The Hall–Kier alpha value is -4.70. The maximum atomic E-state index is 13.0. The molecule has 564 valence electrons. The quantitative estimate of drug-likeness (QED) is 0.0541. The van der Waals surface area contributed by atoms with Crippen molar-refractivity contribution in [2.75, 3.05) is 121 Å². The van der Waals surface area contributed by atoms with E-state index in [-0.39, 0.29) is 57.7 Å². The molecular formula is C76H108F6NO14S4+3. The minimum atomic E-state index is -4.48. The number of ether oxygens (including phenoxy) is 10. The second-order valence-electron chi connectivity index (χ2n) is 26.6. The third kappa shape index (κ3) is 21.3. The van der Waals surface area contributed by atoms with E-state index in [0.717, 1.165) is 140 Å². The summed E-state index contributed by atoms with van der Waals surface area (Å²) in [5.74, 6) is 2.31. The maximum Gasteiger partial charge on any atom is 0.376 e. The summed E-state index contributed by atoms with van der Waals surface area (Å²) in [5, 5.41) is 1.42. The van der Waals surface area contributed by atoms with E-state index in [2.05, 4.69) is 94.4 Å². The molecule has 25 heteroatoms. The van der Waals surface area contributed by atoms with Crippen LogP contribution in [0.25, 0.3) is 21.5 Å². The molecule has 0 radical (unpaired) electrons. The zero-order valence-electron chi connectivity index (χ0n) is 56.9. The van der Waals surface area contributed by atoms with Crippen molar-refractivity contribution in [3.8, 4) is 17.2 Å². The van der Waals surface area contributed by atoms with Gasteiger partial charge in [-0.25, -0.2) is 26.7 Å². The molecule has 5 aromatic rings. The average Bonchev–Trinajstić information content (AvgIpc) is 1.66. The third-order valence-corrected chi connectivity index (χ3v) is 27.8. The molecule has 1 N–H and O–H groups in total. The van der Waals surface area contributed by atoms with Gasteiger partial charge in [-0.15, -0.1) is 0 Å². The molecule has 0 amide bonds. The minimum Gasteiger partial charge on any atom is -0.495 e. The van der Waals surface area contributed by atoms with Crippen LogP contribution in [0.2, 0.25) is 0 Å². The van der Waals surface area contributed by atoms with E-state index >= 15 is 0 Å². The fourth-order valence-electron chi connectivity index (χ4n) is 14.9. The zero-order valence-corrected chi connectivity index (χ0v) is 60.2. The average molecular weight is 1500 g/mol. The summed E-state index contributed by atoms with van der Waals surface area (Å²) in [4.78, 5) is 27.1. The van der Waals surface area contributed by atoms with Gasteiger partial charge in [-0.1, -0.05) is 77.9 Å². The summed E-state index contributed by atoms with van der Waals surface area (Å²) in [6, 6.07) is 30.5. The van der Waals surface area contributed by atoms with Crippen LogP contribution in [0.4, 0.5) is 26.3 Å². The van der Waals surface area contributed by atoms with Gasteiger partial charge in [0, 0.05) is 117 Å². The highest BCUT2D eigenvalue weighted by Gasteiger charge is 2.67. The highest BCUT2D eigenvalue weighted by Crippen LogP contribution is 2.66. The number of hydrogen-bond acceptors (Lipinski definition) is 14. The molecule has 16 rings (SSSR count). The molecule has 2 atom stereocenters. The summed E-state index contributed by atoms with van der Waals surface area (Å²) < 4.78 is 153. The fourth-order valence-corrected chi connectivity index (χ4v) is 21.8. The van der Waals surface area contributed by atoms with Crippen LogP contribution in [0.5, 0.6) is 17.2 Å². The standard InChI is InChI=1S/C19H19O2S.C16H22F2O4.C13H17O2S.C12H15O2S.C8H15F2NO2S.C5H8F2O2.3CH4/c1-20-18-14-6-2-4-8-16(14)19(22-12-10-21-11-13-22)17-9-5-3-7-15(17)18;1-14(17,18)9-20-13(19)15-6-10-4-11(7-15)16(12(5-10)8-15)21-2-3-22-16;1-2-11-10-12(3-4-13(11)15-5-1)16-8-6-14-7-9-16;1-2-12-10(3-4-14-12)9-11(1)15-7-5-13-6-8-15;1-8(9,10)14(12,13)11-7-5-3-2-4-6-7;1-3-9-4(8)5(2,6)7;;;/h2-9H,10-13H2,1H3;10-12H,2-9H2,1H3;3-4,10H,1-2,5-9H2;1-2,9H,3-8H2;7,11H,2-6H2,1H3;3H2,1-2H3;3*1H4/q+1;;2*+1;;;;;. The molecule has 0 aromatic heterocycles. The van der Waals surface area contributed by atoms with Crippen molar-refractivity contribution in [1.82, 2.24) is 4.72 Å². The van der Waals surface area contributed by atoms with Crippen LogP contribution in [-0.4, -0.2) is 170 Å². The molecular weight excluding hydrogens is 1390 g/mol. The van der Waals surface area contributed by atoms with Gasteiger partial charge in [0.15, 0.2) is 27.1 Å². The van der Waals surface area contributed by atoms with Crippen molar-refractivity contribution >= 4 is 76.2 Å². The predicted molar refractivity (Wildman–Crippen MR) is 392 cm³/mol. The minimum absolute atomic E-state index is 0. The van der Waals surface area contributed by atoms with Crippen LogP contribution in [0.3, 0.4) is 0 Å². The first-order valence-corrected chi connectivity index (χ1v) is 40.6. The van der Waals surface area contributed by atoms with Crippen LogP contribution in [-0.2, 0) is 98.3 Å². The molecule has 101 heavy (non-hydrogen) atoms. The number of carbonyl (C=O) groups is 2. The lowest BCUT2D eigenvalue weighted by molar-refractivity contribution is -0.301. The van der Waals surface area contributed by atoms with E-state index < -0.39 is 56.9 Å². The molecule has 5 aromatic carbocycles. The van der Waals surface area contributed by atoms with Crippen LogP contribution in [0.15, 0.2) is 99.6 Å². The van der Waals surface area contributed by atoms with E-state index in [1.807, 2.05) is 0 Å². The third-order valence-electron chi connectivity index (χ3n) is 19.4. The molecule has 15 nitrogen and oxygen atoms in total. The Morgan fingerprint density at radius 2 is 1.06 bits per heavy atom. The number of aryl methyl sites for hydroxylation is 1. The summed E-state index contributed by atoms with van der Waals surface area (Å²) in [6.45, 7) is 10.7. The number of carbonyl (C=O) groups excluding carboxylic acids is 2. The normalized spacial score (nSPS) is 23.1. The lowest BCUT2D eigenvalue weighted by Gasteiger charge is -2.61. The number of nitrogens with one attached hydrogen (secondary N) is 1. The number of rotatable bonds is 12. The zero-order chi connectivity index (χ0) is 69.7. The van der Waals surface area contributed by atoms with Crippen LogP contribution < -0.4 is 18.9 Å². The molecule has 5 saturated carbocycles. The number of alkyl halides is 6. The van der Waals surface area contributed by atoms with E-state index in [1.54, 1.807) is 7.11 Å². The number of methoxy groups -OCH3 is 1.